The molecule has 0 aliphatic heterocycles. The molecule has 150 valence electrons. The number of hydrogen-bond donors (Lipinski definition) is 2. The molecule has 2 aromatic rings. The molecule has 5 heteroatoms. The van der Waals surface area contributed by atoms with Crippen molar-refractivity contribution in [1.29, 1.82) is 0 Å². The number of hydrogen-bond acceptors (Lipinski definition) is 3. The van der Waals surface area contributed by atoms with E-state index < -0.39 is 0 Å². The van der Waals surface area contributed by atoms with E-state index in [0.717, 1.165) is 5.56 Å². The van der Waals surface area contributed by atoms with Crippen LogP contribution < -0.4 is 20.1 Å². The molecule has 0 bridgehead atoms. The first-order valence-corrected chi connectivity index (χ1v) is 10.1. The highest BCUT2D eigenvalue weighted by atomic mass is 16.5. The summed E-state index contributed by atoms with van der Waals surface area (Å²) in [5.41, 5.74) is 1.74. The number of benzene rings is 2. The Balaban J connectivity index is 1.59. The van der Waals surface area contributed by atoms with Crippen molar-refractivity contribution >= 4 is 11.7 Å². The zero-order valence-corrected chi connectivity index (χ0v) is 16.7. The average Bonchev–Trinajstić information content (AvgIpc) is 2.73. The van der Waals surface area contributed by atoms with E-state index in [1.807, 2.05) is 55.5 Å². The molecule has 1 aliphatic carbocycles. The molecule has 0 spiro atoms. The van der Waals surface area contributed by atoms with Crippen molar-refractivity contribution in [3.8, 4) is 11.5 Å². The fraction of sp³-hybridized carbons (Fsp3) is 0.435. The van der Waals surface area contributed by atoms with Crippen LogP contribution in [-0.2, 0) is 0 Å². The zero-order chi connectivity index (χ0) is 19.8. The van der Waals surface area contributed by atoms with Crippen LogP contribution in [0.5, 0.6) is 11.5 Å². The molecule has 3 rings (SSSR count). The average molecular weight is 383 g/mol. The molecule has 1 atom stereocenters. The van der Waals surface area contributed by atoms with Gasteiger partial charge >= 0.3 is 6.03 Å². The molecule has 0 radical (unpaired) electrons. The summed E-state index contributed by atoms with van der Waals surface area (Å²) >= 11 is 0. The first kappa shape index (κ1) is 20.1. The van der Waals surface area contributed by atoms with Crippen molar-refractivity contribution in [2.75, 3.05) is 19.0 Å². The highest BCUT2D eigenvalue weighted by Gasteiger charge is 2.16. The number of anilines is 1. The Morgan fingerprint density at radius 1 is 1.07 bits per heavy atom. The van der Waals surface area contributed by atoms with Crippen molar-refractivity contribution in [3.05, 3.63) is 54.1 Å². The van der Waals surface area contributed by atoms with Gasteiger partial charge in [0.05, 0.1) is 19.8 Å². The Kier molecular flexibility index (Phi) is 7.18. The highest BCUT2D eigenvalue weighted by Crippen LogP contribution is 2.32. The van der Waals surface area contributed by atoms with E-state index in [9.17, 15) is 4.79 Å². The Morgan fingerprint density at radius 3 is 2.54 bits per heavy atom. The third-order valence-corrected chi connectivity index (χ3v) is 5.27. The predicted molar refractivity (Wildman–Crippen MR) is 112 cm³/mol. The number of nitrogens with one attached hydrogen (secondary N) is 2. The van der Waals surface area contributed by atoms with Crippen LogP contribution in [0.15, 0.2) is 48.5 Å². The zero-order valence-electron chi connectivity index (χ0n) is 16.7. The molecule has 1 aliphatic rings. The second-order valence-electron chi connectivity index (χ2n) is 7.41. The smallest absolute Gasteiger partial charge is 0.319 e. The summed E-state index contributed by atoms with van der Waals surface area (Å²) in [7, 11) is 1.63. The van der Waals surface area contributed by atoms with Crippen LogP contribution in [-0.4, -0.2) is 19.7 Å². The van der Waals surface area contributed by atoms with Crippen LogP contribution in [0.1, 0.15) is 50.6 Å². The van der Waals surface area contributed by atoms with Gasteiger partial charge in [0, 0.05) is 11.8 Å². The Bertz CT molecular complexity index is 758. The van der Waals surface area contributed by atoms with Gasteiger partial charge in [0.15, 0.2) is 11.5 Å². The van der Waals surface area contributed by atoms with Crippen molar-refractivity contribution in [1.82, 2.24) is 5.32 Å². The molecule has 0 saturated heterocycles. The lowest BCUT2D eigenvalue weighted by atomic mass is 9.90. The van der Waals surface area contributed by atoms with E-state index >= 15 is 0 Å². The summed E-state index contributed by atoms with van der Waals surface area (Å²) in [6.07, 6.45) is 6.34. The molecule has 5 nitrogen and oxygen atoms in total. The second-order valence-corrected chi connectivity index (χ2v) is 7.41. The van der Waals surface area contributed by atoms with Gasteiger partial charge in [-0.3, -0.25) is 0 Å². The Labute approximate surface area is 167 Å². The first-order chi connectivity index (χ1) is 13.7. The van der Waals surface area contributed by atoms with E-state index in [1.165, 1.54) is 32.1 Å². The van der Waals surface area contributed by atoms with Gasteiger partial charge in [-0.1, -0.05) is 49.6 Å². The molecule has 28 heavy (non-hydrogen) atoms. The summed E-state index contributed by atoms with van der Waals surface area (Å²) in [5, 5.41) is 5.84. The minimum Gasteiger partial charge on any atom is -0.493 e. The number of carbonyl (C=O) groups is 1. The Morgan fingerprint density at radius 2 is 1.82 bits per heavy atom. The number of methoxy groups -OCH3 is 1. The van der Waals surface area contributed by atoms with Crippen molar-refractivity contribution in [2.45, 2.75) is 45.1 Å². The van der Waals surface area contributed by atoms with Crippen LogP contribution in [0.3, 0.4) is 0 Å². The van der Waals surface area contributed by atoms with Gasteiger partial charge in [0.1, 0.15) is 0 Å². The number of amides is 2. The molecular formula is C23H30N2O3. The van der Waals surface area contributed by atoms with Gasteiger partial charge in [-0.05, 0) is 43.4 Å². The SMILES string of the molecule is COc1ccc(NC(=O)N[C@@H](C)c2ccccc2)cc1OCC1CCCCC1. The van der Waals surface area contributed by atoms with E-state index in [0.29, 0.717) is 29.7 Å². The maximum absolute atomic E-state index is 12.4. The van der Waals surface area contributed by atoms with Crippen LogP contribution in [0.4, 0.5) is 10.5 Å². The van der Waals surface area contributed by atoms with E-state index in [1.54, 1.807) is 7.11 Å². The molecular weight excluding hydrogens is 352 g/mol. The molecule has 2 aromatic carbocycles. The fourth-order valence-corrected chi connectivity index (χ4v) is 3.62. The number of ether oxygens (including phenoxy) is 2. The molecule has 1 fully saturated rings. The highest BCUT2D eigenvalue weighted by molar-refractivity contribution is 5.89. The van der Waals surface area contributed by atoms with E-state index in [-0.39, 0.29) is 12.1 Å². The molecule has 0 aromatic heterocycles. The number of urea groups is 1. The van der Waals surface area contributed by atoms with Crippen LogP contribution in [0.25, 0.3) is 0 Å². The summed E-state index contributed by atoms with van der Waals surface area (Å²) in [6, 6.07) is 15.0. The van der Waals surface area contributed by atoms with Gasteiger partial charge in [-0.2, -0.15) is 0 Å². The third kappa shape index (κ3) is 5.65. The van der Waals surface area contributed by atoms with Crippen molar-refractivity contribution in [2.24, 2.45) is 5.92 Å². The van der Waals surface area contributed by atoms with Gasteiger partial charge in [0.2, 0.25) is 0 Å². The molecule has 2 N–H and O–H groups in total. The maximum atomic E-state index is 12.4. The van der Waals surface area contributed by atoms with Crippen LogP contribution >= 0.6 is 0 Å². The lowest BCUT2D eigenvalue weighted by Gasteiger charge is -2.22. The summed E-state index contributed by atoms with van der Waals surface area (Å²) in [4.78, 5) is 12.4. The van der Waals surface area contributed by atoms with Crippen LogP contribution in [0, 0.1) is 5.92 Å². The molecule has 1 saturated carbocycles. The number of carbonyl (C=O) groups excluding carboxylic acids is 1. The molecule has 0 heterocycles. The Hall–Kier alpha value is -2.69. The van der Waals surface area contributed by atoms with E-state index in [2.05, 4.69) is 10.6 Å². The lowest BCUT2D eigenvalue weighted by Crippen LogP contribution is -2.31. The first-order valence-electron chi connectivity index (χ1n) is 10.1. The summed E-state index contributed by atoms with van der Waals surface area (Å²) in [6.45, 7) is 2.65. The second kappa shape index (κ2) is 10.0. The third-order valence-electron chi connectivity index (χ3n) is 5.27. The monoisotopic (exact) mass is 382 g/mol. The van der Waals surface area contributed by atoms with Crippen LogP contribution in [0.2, 0.25) is 0 Å². The predicted octanol–water partition coefficient (Wildman–Crippen LogP) is 5.54. The van der Waals surface area contributed by atoms with Gasteiger partial charge in [0.25, 0.3) is 0 Å². The topological polar surface area (TPSA) is 59.6 Å². The summed E-state index contributed by atoms with van der Waals surface area (Å²) < 4.78 is 11.5. The molecule has 0 unspecified atom stereocenters. The van der Waals surface area contributed by atoms with Gasteiger partial charge < -0.3 is 20.1 Å². The van der Waals surface area contributed by atoms with Crippen molar-refractivity contribution in [3.63, 3.8) is 0 Å². The standard InChI is InChI=1S/C23H30N2O3/c1-17(19-11-7-4-8-12-19)24-23(26)25-20-13-14-21(27-2)22(15-20)28-16-18-9-5-3-6-10-18/h4,7-8,11-15,17-18H,3,5-6,9-10,16H2,1-2H3,(H2,24,25,26)/t17-/m0/s1. The van der Waals surface area contributed by atoms with Gasteiger partial charge in [-0.15, -0.1) is 0 Å². The quantitative estimate of drug-likeness (QED) is 0.661. The minimum atomic E-state index is -0.250. The molecule has 2 amide bonds. The lowest BCUT2D eigenvalue weighted by molar-refractivity contribution is 0.202. The normalized spacial score (nSPS) is 15.5. The van der Waals surface area contributed by atoms with Gasteiger partial charge in [-0.25, -0.2) is 4.79 Å². The number of rotatable bonds is 7. The minimum absolute atomic E-state index is 0.0820. The van der Waals surface area contributed by atoms with Crippen molar-refractivity contribution < 1.29 is 14.3 Å². The summed E-state index contributed by atoms with van der Waals surface area (Å²) in [5.74, 6) is 1.95. The maximum Gasteiger partial charge on any atom is 0.319 e. The fourth-order valence-electron chi connectivity index (χ4n) is 3.62. The largest absolute Gasteiger partial charge is 0.493 e. The van der Waals surface area contributed by atoms with E-state index in [4.69, 9.17) is 9.47 Å².